The molecule has 0 fully saturated rings. The van der Waals surface area contributed by atoms with E-state index in [1.54, 1.807) is 0 Å². The number of carboxylic acids is 1. The molecule has 0 aliphatic rings. The van der Waals surface area contributed by atoms with Gasteiger partial charge in [-0.15, -0.1) is 0 Å². The first-order valence-electron chi connectivity index (χ1n) is 5.35. The largest absolute Gasteiger partial charge is 0.493 e. The lowest BCUT2D eigenvalue weighted by molar-refractivity contribution is -0.137. The van der Waals surface area contributed by atoms with Gasteiger partial charge in [0.15, 0.2) is 0 Å². The van der Waals surface area contributed by atoms with Crippen LogP contribution in [-0.2, 0) is 10.2 Å². The summed E-state index contributed by atoms with van der Waals surface area (Å²) in [5.74, 6) is -0.0653. The third-order valence-electron chi connectivity index (χ3n) is 2.27. The van der Waals surface area contributed by atoms with Crippen molar-refractivity contribution < 1.29 is 14.6 Å². The molecular formula is C13H18O3. The lowest BCUT2D eigenvalue weighted by atomic mass is 9.86. The van der Waals surface area contributed by atoms with E-state index in [4.69, 9.17) is 9.84 Å². The van der Waals surface area contributed by atoms with Crippen LogP contribution in [0.25, 0.3) is 0 Å². The third kappa shape index (κ3) is 3.57. The van der Waals surface area contributed by atoms with Gasteiger partial charge in [0.1, 0.15) is 5.75 Å². The maximum absolute atomic E-state index is 10.4. The van der Waals surface area contributed by atoms with Gasteiger partial charge in [-0.1, -0.05) is 39.0 Å². The molecule has 1 aromatic carbocycles. The topological polar surface area (TPSA) is 46.5 Å². The Morgan fingerprint density at radius 2 is 1.94 bits per heavy atom. The van der Waals surface area contributed by atoms with Gasteiger partial charge in [0.2, 0.25) is 0 Å². The number of carbonyl (C=O) groups is 1. The minimum Gasteiger partial charge on any atom is -0.493 e. The molecule has 0 unspecified atom stereocenters. The Labute approximate surface area is 96.1 Å². The average Bonchev–Trinajstić information content (AvgIpc) is 2.16. The number of para-hydroxylation sites is 1. The smallest absolute Gasteiger partial charge is 0.306 e. The van der Waals surface area contributed by atoms with Crippen LogP contribution in [0.1, 0.15) is 32.8 Å². The molecule has 0 amide bonds. The first-order chi connectivity index (χ1) is 7.41. The number of rotatable bonds is 4. The van der Waals surface area contributed by atoms with Gasteiger partial charge < -0.3 is 9.84 Å². The molecule has 1 N–H and O–H groups in total. The van der Waals surface area contributed by atoms with Crippen LogP contribution >= 0.6 is 0 Å². The van der Waals surface area contributed by atoms with Crippen molar-refractivity contribution in [3.63, 3.8) is 0 Å². The number of carboxylic acid groups (broad SMARTS) is 1. The van der Waals surface area contributed by atoms with Crippen LogP contribution in [0.5, 0.6) is 5.75 Å². The van der Waals surface area contributed by atoms with E-state index < -0.39 is 5.97 Å². The molecule has 16 heavy (non-hydrogen) atoms. The van der Waals surface area contributed by atoms with Gasteiger partial charge in [-0.05, 0) is 17.0 Å². The van der Waals surface area contributed by atoms with Gasteiger partial charge in [0, 0.05) is 0 Å². The number of ether oxygens (including phenoxy) is 1. The van der Waals surface area contributed by atoms with E-state index in [0.29, 0.717) is 0 Å². The molecule has 1 rings (SSSR count). The summed E-state index contributed by atoms with van der Waals surface area (Å²) in [5.41, 5.74) is 1.10. The molecule has 88 valence electrons. The predicted molar refractivity (Wildman–Crippen MR) is 62.9 cm³/mol. The quantitative estimate of drug-likeness (QED) is 0.852. The van der Waals surface area contributed by atoms with Gasteiger partial charge in [-0.25, -0.2) is 0 Å². The molecule has 0 bridgehead atoms. The molecule has 0 atom stereocenters. The second-order valence-electron chi connectivity index (χ2n) is 4.74. The van der Waals surface area contributed by atoms with Crippen LogP contribution < -0.4 is 4.74 Å². The van der Waals surface area contributed by atoms with Crippen molar-refractivity contribution >= 4 is 5.97 Å². The molecule has 0 saturated heterocycles. The van der Waals surface area contributed by atoms with E-state index in [1.807, 2.05) is 24.3 Å². The number of hydrogen-bond donors (Lipinski definition) is 1. The first-order valence-corrected chi connectivity index (χ1v) is 5.35. The fourth-order valence-electron chi connectivity index (χ4n) is 1.46. The third-order valence-corrected chi connectivity index (χ3v) is 2.27. The second kappa shape index (κ2) is 5.01. The summed E-state index contributed by atoms with van der Waals surface area (Å²) in [7, 11) is 0. The highest BCUT2D eigenvalue weighted by Crippen LogP contribution is 2.30. The Morgan fingerprint density at radius 3 is 2.50 bits per heavy atom. The van der Waals surface area contributed by atoms with Crippen molar-refractivity contribution in [1.82, 2.24) is 0 Å². The van der Waals surface area contributed by atoms with E-state index in [2.05, 4.69) is 20.8 Å². The molecule has 0 aromatic heterocycles. The van der Waals surface area contributed by atoms with E-state index >= 15 is 0 Å². The van der Waals surface area contributed by atoms with Crippen molar-refractivity contribution in [3.8, 4) is 5.75 Å². The lowest BCUT2D eigenvalue weighted by Crippen LogP contribution is -2.14. The highest BCUT2D eigenvalue weighted by molar-refractivity contribution is 5.66. The first kappa shape index (κ1) is 12.6. The molecule has 0 radical (unpaired) electrons. The van der Waals surface area contributed by atoms with E-state index in [9.17, 15) is 4.79 Å². The number of benzene rings is 1. The minimum atomic E-state index is -0.840. The maximum Gasteiger partial charge on any atom is 0.306 e. The predicted octanol–water partition coefficient (Wildman–Crippen LogP) is 2.84. The van der Waals surface area contributed by atoms with Crippen LogP contribution in [0.3, 0.4) is 0 Å². The van der Waals surface area contributed by atoms with Crippen molar-refractivity contribution in [2.45, 2.75) is 32.6 Å². The summed E-state index contributed by atoms with van der Waals surface area (Å²) < 4.78 is 5.49. The SMILES string of the molecule is CC(C)(C)c1ccccc1OCCC(=O)O. The van der Waals surface area contributed by atoms with Gasteiger partial charge in [-0.3, -0.25) is 4.79 Å². The monoisotopic (exact) mass is 222 g/mol. The Hall–Kier alpha value is -1.51. The van der Waals surface area contributed by atoms with Crippen LogP contribution in [0.4, 0.5) is 0 Å². The van der Waals surface area contributed by atoms with E-state index in [-0.39, 0.29) is 18.4 Å². The standard InChI is InChI=1S/C13H18O3/c1-13(2,3)10-6-4-5-7-11(10)16-9-8-12(14)15/h4-7H,8-9H2,1-3H3,(H,14,15). The summed E-state index contributed by atoms with van der Waals surface area (Å²) >= 11 is 0. The summed E-state index contributed by atoms with van der Waals surface area (Å²) in [6.07, 6.45) is 0.0263. The Balaban J connectivity index is 2.76. The normalized spacial score (nSPS) is 11.2. The Bertz CT molecular complexity index is 364. The zero-order chi connectivity index (χ0) is 12.2. The van der Waals surface area contributed by atoms with Gasteiger partial charge in [0.05, 0.1) is 13.0 Å². The van der Waals surface area contributed by atoms with Crippen LogP contribution in [0.15, 0.2) is 24.3 Å². The summed E-state index contributed by atoms with van der Waals surface area (Å²) in [6, 6.07) is 7.74. The van der Waals surface area contributed by atoms with Crippen LogP contribution in [0, 0.1) is 0 Å². The molecule has 0 aliphatic heterocycles. The highest BCUT2D eigenvalue weighted by atomic mass is 16.5. The van der Waals surface area contributed by atoms with Crippen LogP contribution in [0.2, 0.25) is 0 Å². The van der Waals surface area contributed by atoms with Crippen molar-refractivity contribution in [3.05, 3.63) is 29.8 Å². The van der Waals surface area contributed by atoms with Gasteiger partial charge >= 0.3 is 5.97 Å². The summed E-state index contributed by atoms with van der Waals surface area (Å²) in [4.78, 5) is 10.4. The zero-order valence-corrected chi connectivity index (χ0v) is 9.99. The molecule has 3 heteroatoms. The van der Waals surface area contributed by atoms with E-state index in [1.165, 1.54) is 0 Å². The Kier molecular flexibility index (Phi) is 3.93. The molecular weight excluding hydrogens is 204 g/mol. The summed E-state index contributed by atoms with van der Waals surface area (Å²) in [5, 5.41) is 8.54. The minimum absolute atomic E-state index is 0.000182. The maximum atomic E-state index is 10.4. The van der Waals surface area contributed by atoms with Crippen LogP contribution in [-0.4, -0.2) is 17.7 Å². The number of aliphatic carboxylic acids is 1. The lowest BCUT2D eigenvalue weighted by Gasteiger charge is -2.22. The molecule has 3 nitrogen and oxygen atoms in total. The fourth-order valence-corrected chi connectivity index (χ4v) is 1.46. The number of hydrogen-bond acceptors (Lipinski definition) is 2. The van der Waals surface area contributed by atoms with Crippen molar-refractivity contribution in [2.24, 2.45) is 0 Å². The molecule has 0 aliphatic carbocycles. The molecule has 1 aromatic rings. The van der Waals surface area contributed by atoms with Crippen molar-refractivity contribution in [1.29, 1.82) is 0 Å². The highest BCUT2D eigenvalue weighted by Gasteiger charge is 2.18. The zero-order valence-electron chi connectivity index (χ0n) is 9.99. The Morgan fingerprint density at radius 1 is 1.31 bits per heavy atom. The van der Waals surface area contributed by atoms with Crippen molar-refractivity contribution in [2.75, 3.05) is 6.61 Å². The molecule has 0 heterocycles. The second-order valence-corrected chi connectivity index (χ2v) is 4.74. The van der Waals surface area contributed by atoms with Gasteiger partial charge in [-0.2, -0.15) is 0 Å². The van der Waals surface area contributed by atoms with Gasteiger partial charge in [0.25, 0.3) is 0 Å². The summed E-state index contributed by atoms with van der Waals surface area (Å²) in [6.45, 7) is 6.52. The fraction of sp³-hybridized carbons (Fsp3) is 0.462. The average molecular weight is 222 g/mol. The molecule has 0 saturated carbocycles. The van der Waals surface area contributed by atoms with E-state index in [0.717, 1.165) is 11.3 Å². The molecule has 0 spiro atoms.